The van der Waals surface area contributed by atoms with Gasteiger partial charge >= 0.3 is 6.61 Å². The fraction of sp³-hybridized carbons (Fsp3) is 0.238. The third-order valence-electron chi connectivity index (χ3n) is 4.32. The highest BCUT2D eigenvalue weighted by Crippen LogP contribution is 2.30. The molecule has 3 rings (SSSR count). The van der Waals surface area contributed by atoms with Crippen LogP contribution in [-0.2, 0) is 6.54 Å². The lowest BCUT2D eigenvalue weighted by Crippen LogP contribution is -2.26. The first-order valence-electron chi connectivity index (χ1n) is 8.88. The van der Waals surface area contributed by atoms with Crippen molar-refractivity contribution in [2.75, 3.05) is 14.2 Å². The third kappa shape index (κ3) is 4.71. The smallest absolute Gasteiger partial charge is 0.387 e. The molecule has 6 nitrogen and oxygen atoms in total. The summed E-state index contributed by atoms with van der Waals surface area (Å²) in [7, 11) is 2.99. The van der Waals surface area contributed by atoms with E-state index >= 15 is 0 Å². The molecular formula is C21H21F2N3O3. The summed E-state index contributed by atoms with van der Waals surface area (Å²) < 4.78 is 36.4. The van der Waals surface area contributed by atoms with E-state index in [-0.39, 0.29) is 24.0 Å². The van der Waals surface area contributed by atoms with Crippen LogP contribution in [0.5, 0.6) is 11.5 Å². The Bertz CT molecular complexity index is 990. The average Bonchev–Trinajstić information content (AvgIpc) is 3.09. The first-order chi connectivity index (χ1) is 13.9. The van der Waals surface area contributed by atoms with Gasteiger partial charge < -0.3 is 14.4 Å². The van der Waals surface area contributed by atoms with Gasteiger partial charge in [-0.15, -0.1) is 0 Å². The van der Waals surface area contributed by atoms with Gasteiger partial charge in [0.25, 0.3) is 5.91 Å². The molecule has 0 aliphatic rings. The number of rotatable bonds is 7. The minimum absolute atomic E-state index is 0.0787. The number of amides is 1. The van der Waals surface area contributed by atoms with Crippen LogP contribution in [0.15, 0.2) is 54.6 Å². The highest BCUT2D eigenvalue weighted by atomic mass is 19.3. The van der Waals surface area contributed by atoms with Crippen LogP contribution in [0.4, 0.5) is 8.78 Å². The van der Waals surface area contributed by atoms with Crippen molar-refractivity contribution in [1.82, 2.24) is 14.7 Å². The molecule has 1 amide bonds. The van der Waals surface area contributed by atoms with Gasteiger partial charge in [0.05, 0.1) is 12.8 Å². The Morgan fingerprint density at radius 1 is 1.14 bits per heavy atom. The molecule has 0 bridgehead atoms. The van der Waals surface area contributed by atoms with Crippen molar-refractivity contribution >= 4 is 5.91 Å². The number of para-hydroxylation sites is 1. The van der Waals surface area contributed by atoms with E-state index in [2.05, 4.69) is 9.84 Å². The van der Waals surface area contributed by atoms with Gasteiger partial charge in [-0.25, -0.2) is 4.68 Å². The molecule has 0 atom stereocenters. The molecule has 1 heterocycles. The zero-order valence-corrected chi connectivity index (χ0v) is 16.3. The van der Waals surface area contributed by atoms with Gasteiger partial charge in [0.1, 0.15) is 0 Å². The van der Waals surface area contributed by atoms with Gasteiger partial charge in [0, 0.05) is 19.3 Å². The zero-order valence-electron chi connectivity index (χ0n) is 16.3. The largest absolute Gasteiger partial charge is 0.493 e. The number of methoxy groups -OCH3 is 1. The van der Waals surface area contributed by atoms with Crippen molar-refractivity contribution in [2.24, 2.45) is 0 Å². The van der Waals surface area contributed by atoms with Crippen LogP contribution < -0.4 is 9.47 Å². The van der Waals surface area contributed by atoms with Crippen molar-refractivity contribution in [3.63, 3.8) is 0 Å². The minimum atomic E-state index is -2.97. The Morgan fingerprint density at radius 2 is 1.86 bits per heavy atom. The third-order valence-corrected chi connectivity index (χ3v) is 4.32. The van der Waals surface area contributed by atoms with Crippen molar-refractivity contribution in [3.8, 4) is 17.2 Å². The summed E-state index contributed by atoms with van der Waals surface area (Å²) in [4.78, 5) is 14.3. The molecule has 0 fully saturated rings. The van der Waals surface area contributed by atoms with Gasteiger partial charge in [0.2, 0.25) is 0 Å². The number of aryl methyl sites for hydroxylation is 1. The summed E-state index contributed by atoms with van der Waals surface area (Å²) in [6.45, 7) is -0.906. The summed E-state index contributed by atoms with van der Waals surface area (Å²) in [5.41, 5.74) is 2.60. The molecule has 1 aromatic heterocycles. The molecule has 29 heavy (non-hydrogen) atoms. The predicted octanol–water partition coefficient (Wildman–Crippen LogP) is 4.06. The molecule has 2 aromatic carbocycles. The summed E-state index contributed by atoms with van der Waals surface area (Å²) in [6, 6.07) is 15.9. The minimum Gasteiger partial charge on any atom is -0.493 e. The van der Waals surface area contributed by atoms with Crippen LogP contribution >= 0.6 is 0 Å². The molecule has 3 aromatic rings. The lowest BCUT2D eigenvalue weighted by atomic mass is 10.2. The number of benzene rings is 2. The molecule has 0 unspecified atom stereocenters. The molecule has 152 valence electrons. The fourth-order valence-corrected chi connectivity index (χ4v) is 2.96. The molecule has 0 saturated carbocycles. The van der Waals surface area contributed by atoms with E-state index in [0.717, 1.165) is 11.4 Å². The van der Waals surface area contributed by atoms with Crippen LogP contribution in [0, 0.1) is 6.92 Å². The Balaban J connectivity index is 1.78. The summed E-state index contributed by atoms with van der Waals surface area (Å²) >= 11 is 0. The van der Waals surface area contributed by atoms with Gasteiger partial charge in [-0.3, -0.25) is 4.79 Å². The molecule has 0 aliphatic carbocycles. The van der Waals surface area contributed by atoms with Gasteiger partial charge in [0.15, 0.2) is 17.2 Å². The Labute approximate surface area is 167 Å². The van der Waals surface area contributed by atoms with Crippen molar-refractivity contribution < 1.29 is 23.0 Å². The molecule has 8 heteroatoms. The summed E-state index contributed by atoms with van der Waals surface area (Å²) in [5.74, 6) is -0.166. The number of aromatic nitrogens is 2. The highest BCUT2D eigenvalue weighted by molar-refractivity contribution is 5.92. The molecule has 0 aliphatic heterocycles. The zero-order chi connectivity index (χ0) is 21.0. The number of ether oxygens (including phenoxy) is 2. The first-order valence-corrected chi connectivity index (χ1v) is 8.88. The highest BCUT2D eigenvalue weighted by Gasteiger charge is 2.19. The number of hydrogen-bond donors (Lipinski definition) is 0. The maximum atomic E-state index is 12.8. The van der Waals surface area contributed by atoms with E-state index in [9.17, 15) is 13.6 Å². The van der Waals surface area contributed by atoms with Gasteiger partial charge in [-0.1, -0.05) is 24.3 Å². The maximum absolute atomic E-state index is 12.8. The maximum Gasteiger partial charge on any atom is 0.387 e. The number of halogens is 2. The number of carbonyl (C=O) groups excluding carboxylic acids is 1. The second kappa shape index (κ2) is 8.72. The van der Waals surface area contributed by atoms with E-state index in [4.69, 9.17) is 4.74 Å². The number of alkyl halides is 2. The van der Waals surface area contributed by atoms with E-state index in [1.54, 1.807) is 23.9 Å². The standard InChI is InChI=1S/C21H21F2N3O3/c1-14-11-17(24-26(14)16-7-5-4-6-8-16)20(27)25(2)13-15-9-10-18(28-3)19(12-15)29-21(22)23/h4-12,21H,13H2,1-3H3. The first kappa shape index (κ1) is 20.3. The van der Waals surface area contributed by atoms with Gasteiger partial charge in [-0.2, -0.15) is 13.9 Å². The van der Waals surface area contributed by atoms with E-state index in [1.807, 2.05) is 37.3 Å². The van der Waals surface area contributed by atoms with E-state index < -0.39 is 6.61 Å². The van der Waals surface area contributed by atoms with Gasteiger partial charge in [-0.05, 0) is 42.8 Å². The second-order valence-electron chi connectivity index (χ2n) is 6.44. The Kier molecular flexibility index (Phi) is 6.11. The fourth-order valence-electron chi connectivity index (χ4n) is 2.96. The topological polar surface area (TPSA) is 56.6 Å². The molecule has 0 radical (unpaired) electrons. The van der Waals surface area contributed by atoms with Crippen molar-refractivity contribution in [1.29, 1.82) is 0 Å². The van der Waals surface area contributed by atoms with Crippen LogP contribution in [0.3, 0.4) is 0 Å². The molecule has 0 N–H and O–H groups in total. The number of hydrogen-bond acceptors (Lipinski definition) is 4. The van der Waals surface area contributed by atoms with Crippen molar-refractivity contribution in [3.05, 3.63) is 71.5 Å². The Morgan fingerprint density at radius 3 is 2.52 bits per heavy atom. The summed E-state index contributed by atoms with van der Waals surface area (Å²) in [6.07, 6.45) is 0. The van der Waals surface area contributed by atoms with Crippen LogP contribution in [0.2, 0.25) is 0 Å². The molecule has 0 saturated heterocycles. The summed E-state index contributed by atoms with van der Waals surface area (Å²) in [5, 5.41) is 4.41. The predicted molar refractivity (Wildman–Crippen MR) is 104 cm³/mol. The van der Waals surface area contributed by atoms with E-state index in [0.29, 0.717) is 11.3 Å². The monoisotopic (exact) mass is 401 g/mol. The van der Waals surface area contributed by atoms with Crippen LogP contribution in [-0.4, -0.2) is 41.4 Å². The van der Waals surface area contributed by atoms with Crippen LogP contribution in [0.25, 0.3) is 5.69 Å². The van der Waals surface area contributed by atoms with Crippen LogP contribution in [0.1, 0.15) is 21.7 Å². The second-order valence-corrected chi connectivity index (χ2v) is 6.44. The SMILES string of the molecule is COc1ccc(CN(C)C(=O)c2cc(C)n(-c3ccccc3)n2)cc1OC(F)F. The number of carbonyl (C=O) groups is 1. The van der Waals surface area contributed by atoms with E-state index in [1.165, 1.54) is 24.1 Å². The average molecular weight is 401 g/mol. The number of nitrogens with zero attached hydrogens (tertiary/aromatic N) is 3. The lowest BCUT2D eigenvalue weighted by molar-refractivity contribution is -0.0512. The molecular weight excluding hydrogens is 380 g/mol. The molecule has 0 spiro atoms. The normalized spacial score (nSPS) is 10.8. The quantitative estimate of drug-likeness (QED) is 0.599. The Hall–Kier alpha value is -3.42. The lowest BCUT2D eigenvalue weighted by Gasteiger charge is -2.17. The van der Waals surface area contributed by atoms with Crippen molar-refractivity contribution in [2.45, 2.75) is 20.1 Å².